The first-order valence-electron chi connectivity index (χ1n) is 11.8. The molecule has 0 spiro atoms. The van der Waals surface area contributed by atoms with Crippen LogP contribution in [0, 0.1) is 11.8 Å². The molecule has 32 heavy (non-hydrogen) atoms. The van der Waals surface area contributed by atoms with Crippen LogP contribution >= 0.6 is 0 Å². The fraction of sp³-hybridized carbons (Fsp3) is 0.560. The van der Waals surface area contributed by atoms with Gasteiger partial charge in [0.05, 0.1) is 25.8 Å². The van der Waals surface area contributed by atoms with Crippen molar-refractivity contribution >= 4 is 17.7 Å². The number of rotatable bonds is 7. The molecule has 2 aromatic rings. The van der Waals surface area contributed by atoms with E-state index in [2.05, 4.69) is 6.92 Å². The van der Waals surface area contributed by atoms with Crippen LogP contribution in [-0.2, 0) is 20.8 Å². The Kier molecular flexibility index (Phi) is 7.25. The van der Waals surface area contributed by atoms with E-state index < -0.39 is 5.97 Å². The van der Waals surface area contributed by atoms with Crippen molar-refractivity contribution in [1.29, 1.82) is 0 Å². The van der Waals surface area contributed by atoms with E-state index in [1.54, 1.807) is 22.7 Å². The van der Waals surface area contributed by atoms with Crippen molar-refractivity contribution in [2.45, 2.75) is 58.5 Å². The summed E-state index contributed by atoms with van der Waals surface area (Å²) in [6, 6.07) is 9.83. The number of benzene rings is 1. The predicted molar refractivity (Wildman–Crippen MR) is 122 cm³/mol. The normalized spacial score (nSPS) is 23.1. The van der Waals surface area contributed by atoms with Gasteiger partial charge >= 0.3 is 5.97 Å². The molecule has 7 nitrogen and oxygen atoms in total. The van der Waals surface area contributed by atoms with Crippen molar-refractivity contribution in [1.82, 2.24) is 9.78 Å². The molecule has 0 bridgehead atoms. The molecule has 1 atom stereocenters. The van der Waals surface area contributed by atoms with Crippen LogP contribution in [-0.4, -0.2) is 47.5 Å². The minimum absolute atomic E-state index is 0.0406. The molecule has 1 saturated heterocycles. The Balaban J connectivity index is 1.69. The summed E-state index contributed by atoms with van der Waals surface area (Å²) >= 11 is 0. The third-order valence-corrected chi connectivity index (χ3v) is 6.53. The van der Waals surface area contributed by atoms with Crippen LogP contribution in [0.25, 0.3) is 0 Å². The molecule has 1 aliphatic carbocycles. The Hall–Kier alpha value is -2.67. The molecule has 7 heteroatoms. The van der Waals surface area contributed by atoms with E-state index in [4.69, 9.17) is 14.6 Å². The van der Waals surface area contributed by atoms with Crippen molar-refractivity contribution in [3.63, 3.8) is 0 Å². The van der Waals surface area contributed by atoms with Crippen molar-refractivity contribution in [3.8, 4) is 0 Å². The Morgan fingerprint density at radius 2 is 1.91 bits per heavy atom. The lowest BCUT2D eigenvalue weighted by atomic mass is 9.82. The van der Waals surface area contributed by atoms with Gasteiger partial charge in [-0.15, -0.1) is 0 Å². The second-order valence-electron chi connectivity index (χ2n) is 8.95. The number of hydrogen-bond donors (Lipinski definition) is 0. The fourth-order valence-electron chi connectivity index (χ4n) is 4.68. The maximum Gasteiger partial charge on any atom is 0.343 e. The molecule has 2 fully saturated rings. The van der Waals surface area contributed by atoms with Gasteiger partial charge < -0.3 is 9.47 Å². The zero-order valence-electron chi connectivity index (χ0n) is 19.0. The highest BCUT2D eigenvalue weighted by atomic mass is 16.5. The van der Waals surface area contributed by atoms with E-state index in [0.717, 1.165) is 37.7 Å². The minimum Gasteiger partial charge on any atom is -0.462 e. The summed E-state index contributed by atoms with van der Waals surface area (Å²) in [4.78, 5) is 28.4. The summed E-state index contributed by atoms with van der Waals surface area (Å²) in [5, 5.41) is 4.75. The molecule has 1 aromatic carbocycles. The smallest absolute Gasteiger partial charge is 0.343 e. The van der Waals surface area contributed by atoms with Crippen LogP contribution in [0.5, 0.6) is 0 Å². The number of aromatic nitrogens is 2. The van der Waals surface area contributed by atoms with Gasteiger partial charge in [-0.3, -0.25) is 14.4 Å². The van der Waals surface area contributed by atoms with Gasteiger partial charge in [0.15, 0.2) is 5.82 Å². The first kappa shape index (κ1) is 22.5. The average Bonchev–Trinajstić information content (AvgIpc) is 3.46. The number of ether oxygens (including phenoxy) is 2. The standard InChI is InChI=1S/C25H33N3O4/c1-3-32-25(30)22-16-27(15-19-7-5-4-6-8-19)26-23(22)28(21-13-14-31-17-21)24(29)20-11-9-18(2)10-12-20/h4-8,16,18,20-21H,3,9-15,17H2,1-2H3/t18-,20-,21-/m0/s1. The van der Waals surface area contributed by atoms with E-state index in [-0.39, 0.29) is 24.5 Å². The van der Waals surface area contributed by atoms with E-state index in [1.807, 2.05) is 30.3 Å². The van der Waals surface area contributed by atoms with Crippen LogP contribution in [0.15, 0.2) is 36.5 Å². The number of hydrogen-bond acceptors (Lipinski definition) is 5. The summed E-state index contributed by atoms with van der Waals surface area (Å²) in [5.74, 6) is 0.626. The highest BCUT2D eigenvalue weighted by molar-refractivity contribution is 6.02. The van der Waals surface area contributed by atoms with Gasteiger partial charge in [-0.05, 0) is 50.5 Å². The van der Waals surface area contributed by atoms with Crippen LogP contribution in [0.1, 0.15) is 61.9 Å². The van der Waals surface area contributed by atoms with E-state index >= 15 is 0 Å². The topological polar surface area (TPSA) is 73.7 Å². The zero-order valence-corrected chi connectivity index (χ0v) is 19.0. The Labute approximate surface area is 189 Å². The van der Waals surface area contributed by atoms with Gasteiger partial charge in [0.2, 0.25) is 5.91 Å². The van der Waals surface area contributed by atoms with Gasteiger partial charge in [-0.2, -0.15) is 5.10 Å². The molecule has 2 aliphatic rings. The average molecular weight is 440 g/mol. The zero-order chi connectivity index (χ0) is 22.5. The minimum atomic E-state index is -0.448. The largest absolute Gasteiger partial charge is 0.462 e. The highest BCUT2D eigenvalue weighted by Gasteiger charge is 2.38. The second-order valence-corrected chi connectivity index (χ2v) is 8.95. The maximum atomic E-state index is 13.8. The molecule has 2 heterocycles. The van der Waals surface area contributed by atoms with Gasteiger partial charge in [-0.1, -0.05) is 37.3 Å². The first-order chi connectivity index (χ1) is 15.6. The fourth-order valence-corrected chi connectivity index (χ4v) is 4.68. The summed E-state index contributed by atoms with van der Waals surface area (Å²) < 4.78 is 12.7. The van der Waals surface area contributed by atoms with E-state index in [1.165, 1.54) is 0 Å². The summed E-state index contributed by atoms with van der Waals surface area (Å²) in [6.45, 7) is 5.87. The number of amides is 1. The van der Waals surface area contributed by atoms with Gasteiger partial charge in [0.25, 0.3) is 0 Å². The quantitative estimate of drug-likeness (QED) is 0.609. The van der Waals surface area contributed by atoms with Crippen molar-refractivity contribution in [2.24, 2.45) is 11.8 Å². The molecule has 1 saturated carbocycles. The number of esters is 1. The van der Waals surface area contributed by atoms with E-state index in [9.17, 15) is 9.59 Å². The lowest BCUT2D eigenvalue weighted by Gasteiger charge is -2.33. The maximum absolute atomic E-state index is 13.8. The molecular formula is C25H33N3O4. The molecule has 0 radical (unpaired) electrons. The Morgan fingerprint density at radius 1 is 1.16 bits per heavy atom. The predicted octanol–water partition coefficient (Wildman–Crippen LogP) is 4.06. The lowest BCUT2D eigenvalue weighted by molar-refractivity contribution is -0.124. The molecule has 0 unspecified atom stereocenters. The van der Waals surface area contributed by atoms with Gasteiger partial charge in [-0.25, -0.2) is 4.79 Å². The van der Waals surface area contributed by atoms with Crippen LogP contribution in [0.3, 0.4) is 0 Å². The number of carbonyl (C=O) groups excluding carboxylic acids is 2. The molecule has 4 rings (SSSR count). The van der Waals surface area contributed by atoms with Gasteiger partial charge in [0.1, 0.15) is 5.56 Å². The Morgan fingerprint density at radius 3 is 2.56 bits per heavy atom. The molecule has 1 aromatic heterocycles. The summed E-state index contributed by atoms with van der Waals surface area (Å²) in [6.07, 6.45) is 6.31. The SMILES string of the molecule is CCOC(=O)c1cn(Cc2ccccc2)nc1N(C(=O)[C@H]1CC[C@H](C)CC1)[C@H]1CCOC1. The lowest BCUT2D eigenvalue weighted by Crippen LogP contribution is -2.46. The van der Waals surface area contributed by atoms with Crippen LogP contribution in [0.2, 0.25) is 0 Å². The van der Waals surface area contributed by atoms with Crippen LogP contribution < -0.4 is 4.90 Å². The monoisotopic (exact) mass is 439 g/mol. The number of anilines is 1. The highest BCUT2D eigenvalue weighted by Crippen LogP contribution is 2.34. The van der Waals surface area contributed by atoms with Crippen molar-refractivity contribution in [3.05, 3.63) is 47.7 Å². The summed E-state index contributed by atoms with van der Waals surface area (Å²) in [7, 11) is 0. The number of nitrogens with zero attached hydrogens (tertiary/aromatic N) is 3. The molecule has 172 valence electrons. The third kappa shape index (κ3) is 5.04. The van der Waals surface area contributed by atoms with Crippen LogP contribution in [0.4, 0.5) is 5.82 Å². The number of carbonyl (C=O) groups is 2. The van der Waals surface area contributed by atoms with Gasteiger partial charge in [0, 0.05) is 18.7 Å². The molecule has 1 amide bonds. The van der Waals surface area contributed by atoms with Crippen molar-refractivity contribution < 1.29 is 19.1 Å². The first-order valence-corrected chi connectivity index (χ1v) is 11.8. The third-order valence-electron chi connectivity index (χ3n) is 6.53. The molecule has 1 aliphatic heterocycles. The Bertz CT molecular complexity index is 913. The van der Waals surface area contributed by atoms with E-state index in [0.29, 0.717) is 37.1 Å². The van der Waals surface area contributed by atoms with Crippen molar-refractivity contribution in [2.75, 3.05) is 24.7 Å². The summed E-state index contributed by atoms with van der Waals surface area (Å²) in [5.41, 5.74) is 1.41. The molecular weight excluding hydrogens is 406 g/mol. The second kappa shape index (κ2) is 10.3. The molecule has 0 N–H and O–H groups in total.